The minimum absolute atomic E-state index is 0.0218. The van der Waals surface area contributed by atoms with E-state index in [0.29, 0.717) is 14.0 Å². The maximum atomic E-state index is 10.9. The van der Waals surface area contributed by atoms with Crippen LogP contribution in [0, 0.1) is 25.9 Å². The Morgan fingerprint density at radius 3 is 2.75 bits per heavy atom. The van der Waals surface area contributed by atoms with Crippen molar-refractivity contribution in [2.75, 3.05) is 0 Å². The van der Waals surface area contributed by atoms with Crippen molar-refractivity contribution < 1.29 is 9.65 Å². The molecule has 1 aromatic rings. The normalized spacial score (nSPS) is 9.83. The molecule has 1 heterocycles. The Labute approximate surface area is 81.9 Å². The fourth-order valence-electron chi connectivity index (χ4n) is 0.791. The van der Waals surface area contributed by atoms with E-state index < -0.39 is 4.92 Å². The maximum absolute atomic E-state index is 10.9. The molecule has 0 saturated heterocycles. The number of rotatable bonds is 1. The fraction of sp³-hybridized carbons (Fsp3) is 0.167. The molecular weight excluding hydrogens is 275 g/mol. The largest absolute Gasteiger partial charge is 0.618 e. The lowest BCUT2D eigenvalue weighted by Crippen LogP contribution is -2.30. The summed E-state index contributed by atoms with van der Waals surface area (Å²) in [5.74, 6) is 0. The van der Waals surface area contributed by atoms with Crippen LogP contribution in [0.2, 0.25) is 0 Å². The number of nitrogens with zero attached hydrogens (tertiary/aromatic N) is 2. The summed E-state index contributed by atoms with van der Waals surface area (Å²) in [5.41, 5.74) is 0.349. The molecular formula is C6H5IN2O3. The molecule has 0 amide bonds. The van der Waals surface area contributed by atoms with E-state index >= 15 is 0 Å². The van der Waals surface area contributed by atoms with Crippen LogP contribution in [0.3, 0.4) is 0 Å². The van der Waals surface area contributed by atoms with Gasteiger partial charge in [-0.05, 0) is 6.92 Å². The molecule has 1 rings (SSSR count). The summed E-state index contributed by atoms with van der Waals surface area (Å²) in [6.45, 7) is 1.53. The first-order valence-electron chi connectivity index (χ1n) is 3.06. The lowest BCUT2D eigenvalue weighted by atomic mass is 10.3. The Balaban J connectivity index is 3.33. The Morgan fingerprint density at radius 1 is 1.67 bits per heavy atom. The molecule has 0 unspecified atom stereocenters. The zero-order valence-electron chi connectivity index (χ0n) is 6.15. The molecule has 0 N–H and O–H groups in total. The van der Waals surface area contributed by atoms with Crippen LogP contribution in [0.1, 0.15) is 5.56 Å². The number of nitro groups is 1. The monoisotopic (exact) mass is 280 g/mol. The van der Waals surface area contributed by atoms with Gasteiger partial charge in [0.2, 0.25) is 0 Å². The zero-order chi connectivity index (χ0) is 9.30. The van der Waals surface area contributed by atoms with Crippen molar-refractivity contribution in [2.45, 2.75) is 6.92 Å². The van der Waals surface area contributed by atoms with Crippen molar-refractivity contribution in [3.8, 4) is 0 Å². The first-order valence-corrected chi connectivity index (χ1v) is 4.14. The lowest BCUT2D eigenvalue weighted by Gasteiger charge is -1.99. The van der Waals surface area contributed by atoms with Crippen LogP contribution in [0.25, 0.3) is 0 Å². The lowest BCUT2D eigenvalue weighted by molar-refractivity contribution is -0.620. The zero-order valence-corrected chi connectivity index (χ0v) is 8.31. The minimum atomic E-state index is -0.502. The van der Waals surface area contributed by atoms with E-state index in [1.165, 1.54) is 19.2 Å². The van der Waals surface area contributed by atoms with Gasteiger partial charge in [0.25, 0.3) is 9.39 Å². The standard InChI is InChI=1S/C6H5IN2O3/c1-4-3-8(10)6(7)2-5(4)9(11)12/h2-3H,1H3. The first kappa shape index (κ1) is 9.17. The molecule has 0 radical (unpaired) electrons. The van der Waals surface area contributed by atoms with E-state index in [0.717, 1.165) is 0 Å². The van der Waals surface area contributed by atoms with E-state index in [9.17, 15) is 15.3 Å². The number of aromatic nitrogens is 1. The molecule has 0 fully saturated rings. The summed E-state index contributed by atoms with van der Waals surface area (Å²) in [5, 5.41) is 21.3. The summed E-state index contributed by atoms with van der Waals surface area (Å²) in [6.07, 6.45) is 1.19. The summed E-state index contributed by atoms with van der Waals surface area (Å²) in [7, 11) is 0. The van der Waals surface area contributed by atoms with Gasteiger partial charge >= 0.3 is 0 Å². The Kier molecular flexibility index (Phi) is 2.46. The highest BCUT2D eigenvalue weighted by atomic mass is 127. The average Bonchev–Trinajstić information content (AvgIpc) is 1.96. The van der Waals surface area contributed by atoms with E-state index in [1.807, 2.05) is 0 Å². The molecule has 0 atom stereocenters. The number of halogens is 1. The van der Waals surface area contributed by atoms with Gasteiger partial charge in [0.15, 0.2) is 6.20 Å². The summed E-state index contributed by atoms with van der Waals surface area (Å²) < 4.78 is 0.896. The topological polar surface area (TPSA) is 70.1 Å². The second kappa shape index (κ2) is 3.21. The molecule has 1 aromatic heterocycles. The van der Waals surface area contributed by atoms with Crippen LogP contribution in [0.4, 0.5) is 5.69 Å². The maximum Gasteiger partial charge on any atom is 0.285 e. The molecule has 5 nitrogen and oxygen atoms in total. The Bertz CT molecular complexity index is 340. The van der Waals surface area contributed by atoms with Crippen molar-refractivity contribution in [1.82, 2.24) is 0 Å². The van der Waals surface area contributed by atoms with Crippen LogP contribution in [0.5, 0.6) is 0 Å². The highest BCUT2D eigenvalue weighted by Crippen LogP contribution is 2.16. The van der Waals surface area contributed by atoms with E-state index in [-0.39, 0.29) is 5.69 Å². The number of hydrogen-bond donors (Lipinski definition) is 0. The van der Waals surface area contributed by atoms with Crippen molar-refractivity contribution in [1.29, 1.82) is 0 Å². The van der Waals surface area contributed by atoms with Gasteiger partial charge in [-0.3, -0.25) is 10.1 Å². The third-order valence-corrected chi connectivity index (χ3v) is 2.16. The average molecular weight is 280 g/mol. The third kappa shape index (κ3) is 1.63. The van der Waals surface area contributed by atoms with Crippen molar-refractivity contribution >= 4 is 28.3 Å². The molecule has 0 aliphatic rings. The fourth-order valence-corrected chi connectivity index (χ4v) is 1.22. The molecule has 12 heavy (non-hydrogen) atoms. The Morgan fingerprint density at radius 2 is 2.25 bits per heavy atom. The molecule has 0 aliphatic heterocycles. The molecule has 64 valence electrons. The molecule has 6 heteroatoms. The summed E-state index contributed by atoms with van der Waals surface area (Å²) in [6, 6.07) is 1.25. The number of pyridine rings is 1. The van der Waals surface area contributed by atoms with Crippen LogP contribution in [-0.4, -0.2) is 4.92 Å². The predicted molar refractivity (Wildman–Crippen MR) is 49.5 cm³/mol. The molecule has 0 aliphatic carbocycles. The van der Waals surface area contributed by atoms with Gasteiger partial charge in [-0.25, -0.2) is 0 Å². The summed E-state index contributed by atoms with van der Waals surface area (Å²) >= 11 is 1.75. The molecule has 0 saturated carbocycles. The van der Waals surface area contributed by atoms with Gasteiger partial charge in [0.1, 0.15) is 0 Å². The smallest absolute Gasteiger partial charge is 0.285 e. The van der Waals surface area contributed by atoms with E-state index in [1.54, 1.807) is 22.6 Å². The number of hydrogen-bond acceptors (Lipinski definition) is 3. The quantitative estimate of drug-likeness (QED) is 0.193. The van der Waals surface area contributed by atoms with Crippen molar-refractivity contribution in [3.05, 3.63) is 36.8 Å². The SMILES string of the molecule is Cc1c[n+]([O-])c(I)cc1[N+](=O)[O-]. The van der Waals surface area contributed by atoms with Crippen LogP contribution < -0.4 is 4.73 Å². The van der Waals surface area contributed by atoms with E-state index in [2.05, 4.69) is 0 Å². The van der Waals surface area contributed by atoms with Gasteiger partial charge < -0.3 is 5.21 Å². The van der Waals surface area contributed by atoms with Crippen LogP contribution >= 0.6 is 22.6 Å². The number of aryl methyl sites for hydroxylation is 1. The summed E-state index contributed by atoms with van der Waals surface area (Å²) in [4.78, 5) is 9.87. The van der Waals surface area contributed by atoms with Gasteiger partial charge in [0.05, 0.1) is 16.6 Å². The predicted octanol–water partition coefficient (Wildman–Crippen LogP) is 1.14. The van der Waals surface area contributed by atoms with Crippen molar-refractivity contribution in [2.24, 2.45) is 0 Å². The Hall–Kier alpha value is -0.920. The molecule has 0 aromatic carbocycles. The van der Waals surface area contributed by atoms with Crippen LogP contribution in [0.15, 0.2) is 12.3 Å². The molecule has 0 bridgehead atoms. The minimum Gasteiger partial charge on any atom is -0.618 e. The third-order valence-electron chi connectivity index (χ3n) is 1.38. The van der Waals surface area contributed by atoms with E-state index in [4.69, 9.17) is 0 Å². The van der Waals surface area contributed by atoms with Gasteiger partial charge in [0, 0.05) is 22.6 Å². The van der Waals surface area contributed by atoms with Crippen LogP contribution in [-0.2, 0) is 0 Å². The second-order valence-corrected chi connectivity index (χ2v) is 3.35. The second-order valence-electron chi connectivity index (χ2n) is 2.25. The highest BCUT2D eigenvalue weighted by Gasteiger charge is 2.16. The van der Waals surface area contributed by atoms with Gasteiger partial charge in [-0.15, -0.1) is 0 Å². The van der Waals surface area contributed by atoms with Gasteiger partial charge in [-0.2, -0.15) is 4.73 Å². The van der Waals surface area contributed by atoms with Gasteiger partial charge in [-0.1, -0.05) is 0 Å². The highest BCUT2D eigenvalue weighted by molar-refractivity contribution is 14.1. The van der Waals surface area contributed by atoms with Crippen molar-refractivity contribution in [3.63, 3.8) is 0 Å². The first-order chi connectivity index (χ1) is 5.52. The molecule has 0 spiro atoms.